The van der Waals surface area contributed by atoms with Crippen LogP contribution in [0.2, 0.25) is 0 Å². The van der Waals surface area contributed by atoms with Gasteiger partial charge in [-0.05, 0) is 6.26 Å². The molecule has 0 saturated carbocycles. The first-order valence-corrected chi connectivity index (χ1v) is 1.25. The number of hydrogen-bond donors (Lipinski definition) is 0. The fraction of sp³-hybridized carbons (Fsp3) is 0. The van der Waals surface area contributed by atoms with Crippen LogP contribution in [0, 0.1) is 6.39 Å². The minimum Gasteiger partial charge on any atom is -0.581 e. The van der Waals surface area contributed by atoms with Crippen molar-refractivity contribution in [1.29, 1.82) is 0 Å². The van der Waals surface area contributed by atoms with Gasteiger partial charge in [0.1, 0.15) is 6.39 Å². The molecule has 0 aliphatic rings. The number of hydrogen-bond acceptors (Lipinski definition) is 2. The predicted molar refractivity (Wildman–Crippen MR) is 15.3 cm³/mol. The molecule has 0 aliphatic carbocycles. The lowest BCUT2D eigenvalue weighted by Crippen LogP contribution is -1.40. The standard InChI is InChI=1S/C3H2NO/c1-2-5-3-4-1/h1-2H/q-1. The first-order valence-electron chi connectivity index (χ1n) is 1.25. The van der Waals surface area contributed by atoms with Crippen molar-refractivity contribution in [2.45, 2.75) is 0 Å². The summed E-state index contributed by atoms with van der Waals surface area (Å²) in [6, 6.07) is 0. The molecule has 2 heteroatoms. The first kappa shape index (κ1) is 2.45. The predicted octanol–water partition coefficient (Wildman–Crippen LogP) is 0.475. The topological polar surface area (TPSA) is 26.0 Å². The maximum Gasteiger partial charge on any atom is 0.101 e. The van der Waals surface area contributed by atoms with Gasteiger partial charge >= 0.3 is 0 Å². The van der Waals surface area contributed by atoms with Crippen LogP contribution >= 0.6 is 0 Å². The van der Waals surface area contributed by atoms with E-state index >= 15 is 0 Å². The molecular formula is C3H2NO-. The van der Waals surface area contributed by atoms with Gasteiger partial charge in [-0.15, -0.1) is 0 Å². The van der Waals surface area contributed by atoms with E-state index in [9.17, 15) is 0 Å². The molecule has 5 heavy (non-hydrogen) atoms. The zero-order valence-corrected chi connectivity index (χ0v) is 2.51. The number of nitrogens with zero attached hydrogens (tertiary/aromatic N) is 1. The zero-order valence-electron chi connectivity index (χ0n) is 2.51. The van der Waals surface area contributed by atoms with E-state index in [2.05, 4.69) is 15.8 Å². The van der Waals surface area contributed by atoms with Crippen LogP contribution in [0.3, 0.4) is 0 Å². The van der Waals surface area contributed by atoms with Crippen molar-refractivity contribution in [3.8, 4) is 0 Å². The molecule has 1 rings (SSSR count). The minimum absolute atomic E-state index is 1.46. The van der Waals surface area contributed by atoms with Gasteiger partial charge in [-0.2, -0.15) is 0 Å². The van der Waals surface area contributed by atoms with E-state index in [0.717, 1.165) is 0 Å². The second-order valence-electron chi connectivity index (χ2n) is 0.623. The van der Waals surface area contributed by atoms with Crippen LogP contribution in [-0.4, -0.2) is 4.98 Å². The summed E-state index contributed by atoms with van der Waals surface area (Å²) in [6.07, 6.45) is 5.22. The van der Waals surface area contributed by atoms with E-state index in [1.807, 2.05) is 0 Å². The molecule has 0 unspecified atom stereocenters. The normalized spacial score (nSPS) is 8.00. The van der Waals surface area contributed by atoms with Crippen molar-refractivity contribution in [3.63, 3.8) is 0 Å². The third-order valence-corrected chi connectivity index (χ3v) is 0.309. The van der Waals surface area contributed by atoms with Gasteiger partial charge in [-0.1, -0.05) is 6.20 Å². The highest BCUT2D eigenvalue weighted by Crippen LogP contribution is 1.70. The Labute approximate surface area is 29.4 Å². The van der Waals surface area contributed by atoms with E-state index in [1.54, 1.807) is 0 Å². The Morgan fingerprint density at radius 3 is 3.00 bits per heavy atom. The fourth-order valence-electron chi connectivity index (χ4n) is 0.152. The molecule has 1 aromatic heterocycles. The largest absolute Gasteiger partial charge is 0.581 e. The molecule has 0 amide bonds. The summed E-state index contributed by atoms with van der Waals surface area (Å²) < 4.78 is 4.35. The molecule has 1 aromatic rings. The first-order chi connectivity index (χ1) is 2.50. The summed E-state index contributed by atoms with van der Waals surface area (Å²) >= 11 is 0. The highest BCUT2D eigenvalue weighted by atomic mass is 16.3. The fourth-order valence-corrected chi connectivity index (χ4v) is 0.152. The molecule has 26 valence electrons. The molecule has 0 bridgehead atoms. The number of aromatic nitrogens is 1. The molecule has 0 saturated heterocycles. The van der Waals surface area contributed by atoms with Crippen LogP contribution in [0.4, 0.5) is 0 Å². The second kappa shape index (κ2) is 0.885. The van der Waals surface area contributed by atoms with Gasteiger partial charge in [-0.3, -0.25) is 0 Å². The highest BCUT2D eigenvalue weighted by molar-refractivity contribution is 4.55. The lowest BCUT2D eigenvalue weighted by atomic mass is 11.0. The molecule has 0 radical (unpaired) electrons. The van der Waals surface area contributed by atoms with Crippen molar-refractivity contribution < 1.29 is 4.42 Å². The highest BCUT2D eigenvalue weighted by Gasteiger charge is 1.46. The van der Waals surface area contributed by atoms with Gasteiger partial charge in [0, 0.05) is 0 Å². The number of rotatable bonds is 0. The quantitative estimate of drug-likeness (QED) is 0.413. The maximum absolute atomic E-state index is 4.35. The van der Waals surface area contributed by atoms with Crippen LogP contribution in [0.15, 0.2) is 16.9 Å². The Hall–Kier alpha value is -0.790. The summed E-state index contributed by atoms with van der Waals surface area (Å²) in [5.41, 5.74) is 0. The van der Waals surface area contributed by atoms with Crippen LogP contribution in [0.1, 0.15) is 0 Å². The summed E-state index contributed by atoms with van der Waals surface area (Å²) in [5, 5.41) is 0. The lowest BCUT2D eigenvalue weighted by molar-refractivity contribution is 0.548. The maximum atomic E-state index is 4.35. The van der Waals surface area contributed by atoms with Crippen molar-refractivity contribution in [1.82, 2.24) is 4.98 Å². The smallest absolute Gasteiger partial charge is 0.101 e. The molecule has 1 heterocycles. The van der Waals surface area contributed by atoms with Gasteiger partial charge in [0.2, 0.25) is 0 Å². The Kier molecular flexibility index (Phi) is 0.433. The molecule has 0 N–H and O–H groups in total. The summed E-state index contributed by atoms with van der Waals surface area (Å²) in [4.78, 5) is 3.43. The molecule has 0 spiro atoms. The van der Waals surface area contributed by atoms with Crippen molar-refractivity contribution in [3.05, 3.63) is 18.9 Å². The Balaban J connectivity index is 3.13. The van der Waals surface area contributed by atoms with Gasteiger partial charge in [0.15, 0.2) is 0 Å². The van der Waals surface area contributed by atoms with Gasteiger partial charge in [0.05, 0.1) is 0 Å². The van der Waals surface area contributed by atoms with Crippen molar-refractivity contribution >= 4 is 0 Å². The second-order valence-corrected chi connectivity index (χ2v) is 0.623. The Morgan fingerprint density at radius 2 is 2.80 bits per heavy atom. The van der Waals surface area contributed by atoms with Crippen LogP contribution in [0.5, 0.6) is 0 Å². The molecule has 0 atom stereocenters. The van der Waals surface area contributed by atoms with Gasteiger partial charge in [0.25, 0.3) is 0 Å². The summed E-state index contributed by atoms with van der Waals surface area (Å²) in [7, 11) is 0. The van der Waals surface area contributed by atoms with E-state index in [1.165, 1.54) is 12.5 Å². The number of oxazole rings is 1. The van der Waals surface area contributed by atoms with Crippen molar-refractivity contribution in [2.24, 2.45) is 0 Å². The molecule has 0 fully saturated rings. The van der Waals surface area contributed by atoms with Crippen molar-refractivity contribution in [2.75, 3.05) is 0 Å². The van der Waals surface area contributed by atoms with Crippen LogP contribution < -0.4 is 0 Å². The minimum atomic E-state index is 1.46. The average Bonchev–Trinajstić information content (AvgIpc) is 1.76. The average molecular weight is 68.1 g/mol. The lowest BCUT2D eigenvalue weighted by Gasteiger charge is -1.60. The van der Waals surface area contributed by atoms with Gasteiger partial charge < -0.3 is 9.40 Å². The van der Waals surface area contributed by atoms with Crippen LogP contribution in [-0.2, 0) is 0 Å². The van der Waals surface area contributed by atoms with E-state index in [4.69, 9.17) is 0 Å². The Bertz CT molecular complexity index is 63.4. The Morgan fingerprint density at radius 1 is 1.80 bits per heavy atom. The van der Waals surface area contributed by atoms with Gasteiger partial charge in [-0.25, -0.2) is 0 Å². The third kappa shape index (κ3) is 0.265. The molecular weight excluding hydrogens is 66.0 g/mol. The summed E-state index contributed by atoms with van der Waals surface area (Å²) in [5.74, 6) is 0. The van der Waals surface area contributed by atoms with E-state index in [0.29, 0.717) is 0 Å². The van der Waals surface area contributed by atoms with Crippen LogP contribution in [0.25, 0.3) is 0 Å². The molecule has 0 aliphatic heterocycles. The monoisotopic (exact) mass is 68.0 g/mol. The van der Waals surface area contributed by atoms with E-state index in [-0.39, 0.29) is 0 Å². The zero-order chi connectivity index (χ0) is 3.54. The molecule has 2 nitrogen and oxygen atoms in total. The molecule has 0 aromatic carbocycles. The SMILES string of the molecule is [c-]1ncco1. The summed E-state index contributed by atoms with van der Waals surface area (Å²) in [6.45, 7) is 0. The third-order valence-electron chi connectivity index (χ3n) is 0.309. The van der Waals surface area contributed by atoms with E-state index < -0.39 is 0 Å².